The van der Waals surface area contributed by atoms with Crippen LogP contribution in [0, 0.1) is 5.82 Å². The Hall–Kier alpha value is -3.19. The second kappa shape index (κ2) is 7.81. The number of hydrogen-bond acceptors (Lipinski definition) is 5. The maximum Gasteiger partial charge on any atom is 0.323 e. The summed E-state index contributed by atoms with van der Waals surface area (Å²) in [6.45, 7) is 1.85. The van der Waals surface area contributed by atoms with Crippen LogP contribution in [0.3, 0.4) is 0 Å². The number of carbonyl (C=O) groups excluding carboxylic acids is 2. The van der Waals surface area contributed by atoms with Crippen LogP contribution in [0.4, 0.5) is 10.1 Å². The topological polar surface area (TPSA) is 67.9 Å². The van der Waals surface area contributed by atoms with Crippen molar-refractivity contribution >= 4 is 28.9 Å². The number of piperidine rings is 1. The molecule has 6 nitrogen and oxygen atoms in total. The largest absolute Gasteiger partial charge is 0.487 e. The van der Waals surface area contributed by atoms with Crippen LogP contribution in [0.5, 0.6) is 0 Å². The van der Waals surface area contributed by atoms with Crippen molar-refractivity contribution in [2.45, 2.75) is 38.5 Å². The first-order chi connectivity index (χ1) is 15.0. The van der Waals surface area contributed by atoms with Crippen LogP contribution in [0.1, 0.15) is 41.5 Å². The Balaban J connectivity index is 1.45. The molecule has 0 spiro atoms. The van der Waals surface area contributed by atoms with Crippen LogP contribution in [0.15, 0.2) is 36.4 Å². The van der Waals surface area contributed by atoms with E-state index in [4.69, 9.17) is 9.47 Å². The predicted molar refractivity (Wildman–Crippen MR) is 113 cm³/mol. The van der Waals surface area contributed by atoms with Gasteiger partial charge in [0.25, 0.3) is 5.91 Å². The lowest BCUT2D eigenvalue weighted by molar-refractivity contribution is -0.148. The molecule has 160 valence electrons. The number of rotatable bonds is 3. The number of likely N-dealkylation sites (tertiary alicyclic amines) is 1. The van der Waals surface area contributed by atoms with Crippen molar-refractivity contribution in [3.05, 3.63) is 64.5 Å². The number of carbonyl (C=O) groups is 2. The molecule has 1 N–H and O–H groups in total. The normalized spacial score (nSPS) is 22.5. The Morgan fingerprint density at radius 3 is 2.94 bits per heavy atom. The van der Waals surface area contributed by atoms with E-state index in [-0.39, 0.29) is 17.9 Å². The molecule has 1 fully saturated rings. The first kappa shape index (κ1) is 19.8. The van der Waals surface area contributed by atoms with Gasteiger partial charge in [-0.3, -0.25) is 14.5 Å². The zero-order valence-electron chi connectivity index (χ0n) is 17.2. The third-order valence-electron chi connectivity index (χ3n) is 6.21. The summed E-state index contributed by atoms with van der Waals surface area (Å²) >= 11 is 0. The summed E-state index contributed by atoms with van der Waals surface area (Å²) in [5.41, 5.74) is 4.36. The minimum absolute atomic E-state index is 0.186. The standard InChI is InChI=1S/C24H23FN2O4/c1-30-24(29)20-4-2-3-9-27(20)12-14-5-7-17-15(10-14)13-31-22(17)21-18-11-16(25)6-8-19(18)26-23(21)28/h5-8,10-11,20H,2-4,9,12-13H2,1H3,(H,26,28). The molecule has 5 rings (SSSR count). The van der Waals surface area contributed by atoms with Gasteiger partial charge in [0.1, 0.15) is 24.2 Å². The molecular formula is C24H23FN2O4. The van der Waals surface area contributed by atoms with Crippen molar-refractivity contribution in [3.63, 3.8) is 0 Å². The van der Waals surface area contributed by atoms with Crippen LogP contribution in [0.25, 0.3) is 11.3 Å². The van der Waals surface area contributed by atoms with Crippen LogP contribution in [0.2, 0.25) is 0 Å². The molecule has 0 saturated carbocycles. The Bertz CT molecular complexity index is 1110. The number of esters is 1. The number of anilines is 1. The molecule has 0 bridgehead atoms. The van der Waals surface area contributed by atoms with E-state index in [1.54, 1.807) is 6.07 Å². The van der Waals surface area contributed by atoms with Crippen molar-refractivity contribution in [2.75, 3.05) is 19.0 Å². The molecule has 3 aliphatic heterocycles. The molecule has 3 aliphatic rings. The highest BCUT2D eigenvalue weighted by Gasteiger charge is 2.33. The summed E-state index contributed by atoms with van der Waals surface area (Å²) in [4.78, 5) is 26.9. The molecule has 2 aromatic carbocycles. The zero-order chi connectivity index (χ0) is 21.5. The maximum absolute atomic E-state index is 13.8. The van der Waals surface area contributed by atoms with E-state index >= 15 is 0 Å². The van der Waals surface area contributed by atoms with Crippen molar-refractivity contribution in [2.24, 2.45) is 0 Å². The third-order valence-corrected chi connectivity index (χ3v) is 6.21. The first-order valence-electron chi connectivity index (χ1n) is 10.5. The molecule has 3 heterocycles. The number of ether oxygens (including phenoxy) is 2. The van der Waals surface area contributed by atoms with Crippen LogP contribution in [-0.2, 0) is 32.2 Å². The van der Waals surface area contributed by atoms with Crippen LogP contribution < -0.4 is 5.32 Å². The summed E-state index contributed by atoms with van der Waals surface area (Å²) in [5, 5.41) is 2.77. The molecular weight excluding hydrogens is 399 g/mol. The molecule has 1 amide bonds. The number of methoxy groups -OCH3 is 1. The molecule has 31 heavy (non-hydrogen) atoms. The second-order valence-electron chi connectivity index (χ2n) is 8.13. The first-order valence-corrected chi connectivity index (χ1v) is 10.5. The van der Waals surface area contributed by atoms with Gasteiger partial charge in [0.15, 0.2) is 0 Å². The highest BCUT2D eigenvalue weighted by Crippen LogP contribution is 2.42. The van der Waals surface area contributed by atoms with Gasteiger partial charge < -0.3 is 14.8 Å². The maximum atomic E-state index is 13.8. The van der Waals surface area contributed by atoms with Gasteiger partial charge in [-0.2, -0.15) is 0 Å². The molecule has 0 aromatic heterocycles. The summed E-state index contributed by atoms with van der Waals surface area (Å²) in [6.07, 6.45) is 2.89. The minimum atomic E-state index is -0.399. The van der Waals surface area contributed by atoms with Gasteiger partial charge in [0.05, 0.1) is 12.7 Å². The van der Waals surface area contributed by atoms with E-state index in [2.05, 4.69) is 16.3 Å². The lowest BCUT2D eigenvalue weighted by Gasteiger charge is -2.33. The molecule has 2 aromatic rings. The number of nitrogens with one attached hydrogen (secondary N) is 1. The molecule has 0 aliphatic carbocycles. The Morgan fingerprint density at radius 2 is 2.10 bits per heavy atom. The summed E-state index contributed by atoms with van der Waals surface area (Å²) in [6, 6.07) is 10.0. The number of benzene rings is 2. The average molecular weight is 422 g/mol. The number of halogens is 1. The number of nitrogens with zero attached hydrogens (tertiary/aromatic N) is 1. The van der Waals surface area contributed by atoms with E-state index in [9.17, 15) is 14.0 Å². The van der Waals surface area contributed by atoms with Crippen molar-refractivity contribution < 1.29 is 23.5 Å². The number of fused-ring (bicyclic) bond motifs is 2. The highest BCUT2D eigenvalue weighted by molar-refractivity contribution is 6.36. The van der Waals surface area contributed by atoms with E-state index in [0.717, 1.165) is 42.5 Å². The Morgan fingerprint density at radius 1 is 1.23 bits per heavy atom. The molecule has 1 saturated heterocycles. The van der Waals surface area contributed by atoms with E-state index < -0.39 is 5.82 Å². The lowest BCUT2D eigenvalue weighted by atomic mass is 9.97. The summed E-state index contributed by atoms with van der Waals surface area (Å²) < 4.78 is 24.7. The van der Waals surface area contributed by atoms with Gasteiger partial charge in [0.2, 0.25) is 0 Å². The minimum Gasteiger partial charge on any atom is -0.487 e. The van der Waals surface area contributed by atoms with E-state index in [1.165, 1.54) is 19.2 Å². The quantitative estimate of drug-likeness (QED) is 0.604. The predicted octanol–water partition coefficient (Wildman–Crippen LogP) is 3.70. The van der Waals surface area contributed by atoms with Gasteiger partial charge >= 0.3 is 5.97 Å². The SMILES string of the molecule is COC(=O)C1CCCCN1Cc1ccc2c(c1)COC2=C1C(=O)Nc2ccc(F)cc21. The van der Waals surface area contributed by atoms with Crippen LogP contribution >= 0.6 is 0 Å². The fraction of sp³-hybridized carbons (Fsp3) is 0.333. The highest BCUT2D eigenvalue weighted by atomic mass is 19.1. The van der Waals surface area contributed by atoms with Crippen LogP contribution in [-0.4, -0.2) is 36.5 Å². The lowest BCUT2D eigenvalue weighted by Crippen LogP contribution is -2.44. The fourth-order valence-corrected chi connectivity index (χ4v) is 4.70. The fourth-order valence-electron chi connectivity index (χ4n) is 4.70. The monoisotopic (exact) mass is 422 g/mol. The van der Waals surface area contributed by atoms with Crippen molar-refractivity contribution in [1.29, 1.82) is 0 Å². The van der Waals surface area contributed by atoms with Gasteiger partial charge in [0, 0.05) is 28.9 Å². The number of hydrogen-bond donors (Lipinski definition) is 1. The number of amides is 1. The second-order valence-corrected chi connectivity index (χ2v) is 8.13. The molecule has 0 radical (unpaired) electrons. The molecule has 1 atom stereocenters. The smallest absolute Gasteiger partial charge is 0.323 e. The van der Waals surface area contributed by atoms with Gasteiger partial charge in [-0.05, 0) is 43.1 Å². The van der Waals surface area contributed by atoms with Gasteiger partial charge in [-0.15, -0.1) is 0 Å². The Labute approximate surface area is 179 Å². The summed E-state index contributed by atoms with van der Waals surface area (Å²) in [5.74, 6) is -0.395. The summed E-state index contributed by atoms with van der Waals surface area (Å²) in [7, 11) is 1.43. The van der Waals surface area contributed by atoms with Crippen molar-refractivity contribution in [3.8, 4) is 0 Å². The molecule has 1 unspecified atom stereocenters. The Kier molecular flexibility index (Phi) is 4.98. The molecule has 7 heteroatoms. The van der Waals surface area contributed by atoms with Crippen molar-refractivity contribution in [1.82, 2.24) is 4.90 Å². The van der Waals surface area contributed by atoms with Gasteiger partial charge in [-0.25, -0.2) is 4.39 Å². The zero-order valence-corrected chi connectivity index (χ0v) is 17.2. The average Bonchev–Trinajstić information content (AvgIpc) is 3.32. The van der Waals surface area contributed by atoms with E-state index in [0.29, 0.717) is 35.7 Å². The third kappa shape index (κ3) is 3.49. The van der Waals surface area contributed by atoms with Gasteiger partial charge in [-0.1, -0.05) is 24.6 Å². The van der Waals surface area contributed by atoms with E-state index in [1.807, 2.05) is 12.1 Å².